The number of hydrogen-bond donors (Lipinski definition) is 1. The Morgan fingerprint density at radius 3 is 2.17 bits per heavy atom. The van der Waals surface area contributed by atoms with Gasteiger partial charge in [0.25, 0.3) is 11.7 Å². The van der Waals surface area contributed by atoms with Gasteiger partial charge in [-0.15, -0.1) is 0 Å². The summed E-state index contributed by atoms with van der Waals surface area (Å²) in [5.41, 5.74) is 1.35. The number of aliphatic hydroxyl groups is 1. The van der Waals surface area contributed by atoms with Crippen LogP contribution in [0, 0.1) is 5.82 Å². The molecule has 1 fully saturated rings. The summed E-state index contributed by atoms with van der Waals surface area (Å²) in [5.74, 6) is -1.75. The van der Waals surface area contributed by atoms with E-state index < -0.39 is 23.5 Å². The van der Waals surface area contributed by atoms with E-state index in [0.29, 0.717) is 17.0 Å². The average Bonchev–Trinajstić information content (AvgIpc) is 3.05. The zero-order valence-corrected chi connectivity index (χ0v) is 16.1. The molecule has 3 aromatic carbocycles. The van der Waals surface area contributed by atoms with Crippen LogP contribution in [0.3, 0.4) is 0 Å². The monoisotopic (exact) mass is 403 g/mol. The number of Topliss-reactive ketones (excluding diaryl/α,β-unsaturated/α-hetero) is 1. The lowest BCUT2D eigenvalue weighted by Crippen LogP contribution is -2.29. The number of benzene rings is 3. The number of ether oxygens (including phenoxy) is 1. The van der Waals surface area contributed by atoms with Crippen LogP contribution in [0.25, 0.3) is 5.76 Å². The fourth-order valence-electron chi connectivity index (χ4n) is 3.55. The molecule has 1 N–H and O–H groups in total. The molecular formula is C24H18FNO4. The highest BCUT2D eigenvalue weighted by molar-refractivity contribution is 6.51. The number of methoxy groups -OCH3 is 1. The van der Waals surface area contributed by atoms with E-state index in [1.54, 1.807) is 61.7 Å². The van der Waals surface area contributed by atoms with Crippen molar-refractivity contribution < 1.29 is 23.8 Å². The molecule has 1 unspecified atom stereocenters. The molecule has 1 amide bonds. The summed E-state index contributed by atoms with van der Waals surface area (Å²) in [4.78, 5) is 27.3. The Kier molecular flexibility index (Phi) is 5.06. The molecule has 1 aliphatic heterocycles. The van der Waals surface area contributed by atoms with E-state index in [1.807, 2.05) is 0 Å². The quantitative estimate of drug-likeness (QED) is 0.397. The highest BCUT2D eigenvalue weighted by atomic mass is 19.1. The van der Waals surface area contributed by atoms with Gasteiger partial charge in [-0.3, -0.25) is 14.5 Å². The maximum Gasteiger partial charge on any atom is 0.300 e. The molecule has 0 spiro atoms. The Labute approximate surface area is 172 Å². The Hall–Kier alpha value is -3.93. The number of anilines is 1. The second kappa shape index (κ2) is 7.83. The second-order valence-electron chi connectivity index (χ2n) is 6.78. The molecule has 5 nitrogen and oxygen atoms in total. The highest BCUT2D eigenvalue weighted by Gasteiger charge is 2.46. The number of ketones is 1. The van der Waals surface area contributed by atoms with Crippen molar-refractivity contribution in [3.05, 3.63) is 101 Å². The number of amides is 1. The summed E-state index contributed by atoms with van der Waals surface area (Å²) in [6.45, 7) is 0. The van der Waals surface area contributed by atoms with Crippen LogP contribution in [-0.2, 0) is 9.59 Å². The highest BCUT2D eigenvalue weighted by Crippen LogP contribution is 2.42. The maximum atomic E-state index is 13.3. The van der Waals surface area contributed by atoms with Crippen LogP contribution in [0.4, 0.5) is 10.1 Å². The van der Waals surface area contributed by atoms with Crippen molar-refractivity contribution >= 4 is 23.1 Å². The van der Waals surface area contributed by atoms with Gasteiger partial charge < -0.3 is 9.84 Å². The van der Waals surface area contributed by atoms with E-state index >= 15 is 0 Å². The van der Waals surface area contributed by atoms with Crippen molar-refractivity contribution in [2.45, 2.75) is 6.04 Å². The molecule has 30 heavy (non-hydrogen) atoms. The minimum atomic E-state index is -0.844. The number of carbonyl (C=O) groups excluding carboxylic acids is 2. The Morgan fingerprint density at radius 1 is 0.933 bits per heavy atom. The van der Waals surface area contributed by atoms with Gasteiger partial charge in [-0.2, -0.15) is 0 Å². The fourth-order valence-corrected chi connectivity index (χ4v) is 3.55. The first kappa shape index (κ1) is 19.4. The summed E-state index contributed by atoms with van der Waals surface area (Å²) in [7, 11) is 1.54. The van der Waals surface area contributed by atoms with Gasteiger partial charge in [-0.05, 0) is 54.1 Å². The van der Waals surface area contributed by atoms with Crippen molar-refractivity contribution in [1.82, 2.24) is 0 Å². The average molecular weight is 403 g/mol. The standard InChI is InChI=1S/C24H18FNO4/c1-30-19-13-9-15(10-14-19)21-20(22(27)16-7-11-17(25)12-8-16)23(28)24(29)26(21)18-5-3-2-4-6-18/h2-14,21,27H,1H3/b22-20-. The van der Waals surface area contributed by atoms with Gasteiger partial charge in [0.05, 0.1) is 18.7 Å². The lowest BCUT2D eigenvalue weighted by molar-refractivity contribution is -0.132. The van der Waals surface area contributed by atoms with Gasteiger partial charge in [0.2, 0.25) is 0 Å². The van der Waals surface area contributed by atoms with Crippen LogP contribution >= 0.6 is 0 Å². The normalized spacial score (nSPS) is 17.9. The molecule has 150 valence electrons. The SMILES string of the molecule is COc1ccc(C2/C(=C(/O)c3ccc(F)cc3)C(=O)C(=O)N2c2ccccc2)cc1. The Bertz CT molecular complexity index is 1120. The van der Waals surface area contributed by atoms with Crippen LogP contribution in [-0.4, -0.2) is 23.9 Å². The molecule has 1 atom stereocenters. The van der Waals surface area contributed by atoms with Crippen LogP contribution in [0.2, 0.25) is 0 Å². The van der Waals surface area contributed by atoms with Crippen molar-refractivity contribution in [2.75, 3.05) is 12.0 Å². The molecule has 0 radical (unpaired) electrons. The van der Waals surface area contributed by atoms with Crippen LogP contribution in [0.5, 0.6) is 5.75 Å². The third-order valence-corrected chi connectivity index (χ3v) is 5.03. The lowest BCUT2D eigenvalue weighted by atomic mass is 9.95. The van der Waals surface area contributed by atoms with E-state index in [9.17, 15) is 19.1 Å². The summed E-state index contributed by atoms with van der Waals surface area (Å²) in [5, 5.41) is 10.9. The van der Waals surface area contributed by atoms with Gasteiger partial charge in [0.15, 0.2) is 0 Å². The molecule has 3 aromatic rings. The number of halogens is 1. The smallest absolute Gasteiger partial charge is 0.300 e. The number of nitrogens with zero attached hydrogens (tertiary/aromatic N) is 1. The number of carbonyl (C=O) groups is 2. The summed E-state index contributed by atoms with van der Waals surface area (Å²) >= 11 is 0. The fraction of sp³-hybridized carbons (Fsp3) is 0.0833. The largest absolute Gasteiger partial charge is 0.507 e. The first-order valence-corrected chi connectivity index (χ1v) is 9.27. The third-order valence-electron chi connectivity index (χ3n) is 5.03. The molecule has 1 heterocycles. The minimum absolute atomic E-state index is 0.0550. The van der Waals surface area contributed by atoms with Crippen LogP contribution in [0.15, 0.2) is 84.4 Å². The first-order valence-electron chi connectivity index (χ1n) is 9.27. The van der Waals surface area contributed by atoms with E-state index in [2.05, 4.69) is 0 Å². The van der Waals surface area contributed by atoms with Crippen LogP contribution < -0.4 is 9.64 Å². The molecule has 0 aliphatic carbocycles. The molecule has 1 saturated heterocycles. The van der Waals surface area contributed by atoms with E-state index in [4.69, 9.17) is 4.74 Å². The van der Waals surface area contributed by atoms with Gasteiger partial charge in [0, 0.05) is 11.3 Å². The zero-order chi connectivity index (χ0) is 21.3. The van der Waals surface area contributed by atoms with E-state index in [-0.39, 0.29) is 16.9 Å². The molecule has 4 rings (SSSR count). The topological polar surface area (TPSA) is 66.8 Å². The van der Waals surface area contributed by atoms with Gasteiger partial charge in [0.1, 0.15) is 17.3 Å². The summed E-state index contributed by atoms with van der Waals surface area (Å²) in [6, 6.07) is 20.0. The zero-order valence-electron chi connectivity index (χ0n) is 16.1. The lowest BCUT2D eigenvalue weighted by Gasteiger charge is -2.25. The maximum absolute atomic E-state index is 13.3. The minimum Gasteiger partial charge on any atom is -0.507 e. The molecule has 0 bridgehead atoms. The van der Waals surface area contributed by atoms with Gasteiger partial charge in [-0.25, -0.2) is 4.39 Å². The van der Waals surface area contributed by atoms with Crippen molar-refractivity contribution in [2.24, 2.45) is 0 Å². The summed E-state index contributed by atoms with van der Waals surface area (Å²) in [6.07, 6.45) is 0. The molecular weight excluding hydrogens is 385 g/mol. The predicted octanol–water partition coefficient (Wildman–Crippen LogP) is 4.46. The van der Waals surface area contributed by atoms with Gasteiger partial charge in [-0.1, -0.05) is 30.3 Å². The number of para-hydroxylation sites is 1. The predicted molar refractivity (Wildman–Crippen MR) is 111 cm³/mol. The van der Waals surface area contributed by atoms with E-state index in [1.165, 1.54) is 29.2 Å². The van der Waals surface area contributed by atoms with Crippen LogP contribution in [0.1, 0.15) is 17.2 Å². The van der Waals surface area contributed by atoms with E-state index in [0.717, 1.165) is 0 Å². The molecule has 0 saturated carbocycles. The van der Waals surface area contributed by atoms with Crippen molar-refractivity contribution in [3.63, 3.8) is 0 Å². The molecule has 1 aliphatic rings. The Balaban J connectivity index is 1.92. The Morgan fingerprint density at radius 2 is 1.57 bits per heavy atom. The molecule has 0 aromatic heterocycles. The number of hydrogen-bond acceptors (Lipinski definition) is 4. The van der Waals surface area contributed by atoms with Crippen molar-refractivity contribution in [3.8, 4) is 5.75 Å². The van der Waals surface area contributed by atoms with Gasteiger partial charge >= 0.3 is 0 Å². The van der Waals surface area contributed by atoms with Crippen molar-refractivity contribution in [1.29, 1.82) is 0 Å². The number of rotatable bonds is 4. The summed E-state index contributed by atoms with van der Waals surface area (Å²) < 4.78 is 18.5. The number of aliphatic hydroxyl groups excluding tert-OH is 1. The molecule has 6 heteroatoms. The second-order valence-corrected chi connectivity index (χ2v) is 6.78. The first-order chi connectivity index (χ1) is 14.5. The third kappa shape index (κ3) is 3.33.